The highest BCUT2D eigenvalue weighted by atomic mass is 32.2. The quantitative estimate of drug-likeness (QED) is 0.137. The average Bonchev–Trinajstić information content (AvgIpc) is 2.89. The van der Waals surface area contributed by atoms with Crippen molar-refractivity contribution in [2.75, 3.05) is 33.0 Å². The molecule has 0 saturated carbocycles. The smallest absolute Gasteiger partial charge is 0.379 e. The molecular formula is C29H49O8PS. The Morgan fingerprint density at radius 2 is 1.56 bits per heavy atom. The molecule has 2 aliphatic heterocycles. The molecule has 0 radical (unpaired) electrons. The van der Waals surface area contributed by atoms with Crippen LogP contribution in [0.25, 0.3) is 0 Å². The van der Waals surface area contributed by atoms with Crippen molar-refractivity contribution in [2.24, 2.45) is 0 Å². The minimum absolute atomic E-state index is 0.292. The first-order valence-corrected chi connectivity index (χ1v) is 17.0. The first-order valence-electron chi connectivity index (χ1n) is 14.6. The van der Waals surface area contributed by atoms with E-state index in [0.29, 0.717) is 39.5 Å². The van der Waals surface area contributed by atoms with E-state index >= 15 is 0 Å². The maximum atomic E-state index is 13.8. The van der Waals surface area contributed by atoms with E-state index in [1.165, 1.54) is 11.8 Å². The minimum atomic E-state index is -3.89. The molecule has 6 unspecified atom stereocenters. The van der Waals surface area contributed by atoms with E-state index in [9.17, 15) is 4.57 Å². The number of phosphoric acid groups is 1. The van der Waals surface area contributed by atoms with Crippen LogP contribution in [0.2, 0.25) is 0 Å². The third-order valence-corrected chi connectivity index (χ3v) is 9.56. The van der Waals surface area contributed by atoms with E-state index in [0.717, 1.165) is 43.4 Å². The molecule has 0 amide bonds. The van der Waals surface area contributed by atoms with Gasteiger partial charge < -0.3 is 18.9 Å². The largest absolute Gasteiger partial charge is 0.475 e. The number of ether oxygens (including phenoxy) is 4. The summed E-state index contributed by atoms with van der Waals surface area (Å²) >= 11 is 1.51. The van der Waals surface area contributed by atoms with E-state index in [2.05, 4.69) is 20.8 Å². The van der Waals surface area contributed by atoms with Gasteiger partial charge in [-0.25, -0.2) is 4.57 Å². The van der Waals surface area contributed by atoms with Gasteiger partial charge in [-0.05, 0) is 45.2 Å². The van der Waals surface area contributed by atoms with E-state index in [-0.39, 0.29) is 6.10 Å². The van der Waals surface area contributed by atoms with Crippen LogP contribution in [0.4, 0.5) is 0 Å². The molecule has 8 nitrogen and oxygen atoms in total. The molecule has 0 aromatic heterocycles. The zero-order valence-corrected chi connectivity index (χ0v) is 26.1. The highest BCUT2D eigenvalue weighted by Crippen LogP contribution is 2.59. The van der Waals surface area contributed by atoms with Crippen molar-refractivity contribution in [3.63, 3.8) is 0 Å². The lowest BCUT2D eigenvalue weighted by atomic mass is 9.99. The molecule has 1 aromatic rings. The lowest BCUT2D eigenvalue weighted by molar-refractivity contribution is -0.236. The molecule has 3 rings (SSSR count). The molecule has 2 saturated heterocycles. The SMILES string of the molecule is CCCCOCC1OC(Sc2ccccc2)C(OP2(=O)OCCC(C)(C)O2)C(OCCCC)C1OCCCC. The number of unbranched alkanes of at least 4 members (excludes halogenated alkanes) is 3. The molecule has 0 spiro atoms. The van der Waals surface area contributed by atoms with Crippen LogP contribution in [0.1, 0.15) is 79.6 Å². The molecule has 0 N–H and O–H groups in total. The molecule has 10 heteroatoms. The number of benzene rings is 1. The molecule has 0 aliphatic carbocycles. The Bertz CT molecular complexity index is 857. The highest BCUT2D eigenvalue weighted by Gasteiger charge is 2.53. The lowest BCUT2D eigenvalue weighted by Crippen LogP contribution is -2.60. The number of phosphoric ester groups is 1. The van der Waals surface area contributed by atoms with Gasteiger partial charge in [0.1, 0.15) is 29.9 Å². The van der Waals surface area contributed by atoms with Crippen molar-refractivity contribution in [1.82, 2.24) is 0 Å². The number of thioether (sulfide) groups is 1. The second-order valence-corrected chi connectivity index (χ2v) is 13.4. The predicted octanol–water partition coefficient (Wildman–Crippen LogP) is 7.40. The van der Waals surface area contributed by atoms with Crippen molar-refractivity contribution in [1.29, 1.82) is 0 Å². The number of hydrogen-bond acceptors (Lipinski definition) is 9. The Kier molecular flexibility index (Phi) is 14.3. The Labute approximate surface area is 239 Å². The molecule has 0 bridgehead atoms. The Morgan fingerprint density at radius 1 is 0.923 bits per heavy atom. The molecule has 2 fully saturated rings. The molecule has 2 aliphatic rings. The Morgan fingerprint density at radius 3 is 2.21 bits per heavy atom. The van der Waals surface area contributed by atoms with Crippen molar-refractivity contribution < 1.29 is 37.1 Å². The van der Waals surface area contributed by atoms with Gasteiger partial charge >= 0.3 is 7.82 Å². The second-order valence-electron chi connectivity index (χ2n) is 10.7. The summed E-state index contributed by atoms with van der Waals surface area (Å²) < 4.78 is 57.4. The number of hydrogen-bond donors (Lipinski definition) is 0. The third-order valence-electron chi connectivity index (χ3n) is 6.69. The second kappa shape index (κ2) is 16.8. The number of rotatable bonds is 17. The summed E-state index contributed by atoms with van der Waals surface area (Å²) in [6, 6.07) is 9.98. The monoisotopic (exact) mass is 588 g/mol. The maximum Gasteiger partial charge on any atom is 0.475 e. The lowest BCUT2D eigenvalue weighted by Gasteiger charge is -2.47. The van der Waals surface area contributed by atoms with Crippen LogP contribution in [0, 0.1) is 0 Å². The summed E-state index contributed by atoms with van der Waals surface area (Å²) in [5.74, 6) is 0. The predicted molar refractivity (Wildman–Crippen MR) is 154 cm³/mol. The standard InChI is InChI=1S/C29H49O8PS/c1-6-9-18-31-22-24-25(32-19-10-7-2)26(33-20-11-8-3)27(28(35-24)39-23-15-13-12-14-16-23)36-38(30)34-21-17-29(4,5)37-38/h12-16,24-28H,6-11,17-22H2,1-5H3. The molecule has 1 aromatic carbocycles. The first-order chi connectivity index (χ1) is 18.8. The van der Waals surface area contributed by atoms with Gasteiger partial charge in [0.05, 0.1) is 18.8 Å². The van der Waals surface area contributed by atoms with Gasteiger partial charge in [-0.2, -0.15) is 0 Å². The molecule has 6 atom stereocenters. The fourth-order valence-corrected chi connectivity index (χ4v) is 7.30. The van der Waals surface area contributed by atoms with Crippen LogP contribution in [0.15, 0.2) is 35.2 Å². The fourth-order valence-electron chi connectivity index (χ4n) is 4.40. The topological polar surface area (TPSA) is 81.7 Å². The van der Waals surface area contributed by atoms with Crippen molar-refractivity contribution in [3.05, 3.63) is 30.3 Å². The zero-order chi connectivity index (χ0) is 28.1. The Hall–Kier alpha value is -0.480. The van der Waals surface area contributed by atoms with Crippen LogP contribution in [-0.2, 0) is 37.1 Å². The maximum absolute atomic E-state index is 13.8. The van der Waals surface area contributed by atoms with Crippen LogP contribution in [-0.4, -0.2) is 68.5 Å². The van der Waals surface area contributed by atoms with Crippen LogP contribution < -0.4 is 0 Å². The summed E-state index contributed by atoms with van der Waals surface area (Å²) in [5.41, 5.74) is -1.18. The van der Waals surface area contributed by atoms with Crippen molar-refractivity contribution >= 4 is 19.6 Å². The third kappa shape index (κ3) is 10.7. The zero-order valence-electron chi connectivity index (χ0n) is 24.4. The molecule has 39 heavy (non-hydrogen) atoms. The summed E-state index contributed by atoms with van der Waals surface area (Å²) in [5, 5.41) is 0. The van der Waals surface area contributed by atoms with E-state index in [1.54, 1.807) is 0 Å². The average molecular weight is 589 g/mol. The Balaban J connectivity index is 1.94. The van der Waals surface area contributed by atoms with Crippen molar-refractivity contribution in [3.8, 4) is 0 Å². The summed E-state index contributed by atoms with van der Waals surface area (Å²) in [7, 11) is -3.89. The van der Waals surface area contributed by atoms with Gasteiger partial charge in [0.2, 0.25) is 0 Å². The van der Waals surface area contributed by atoms with Gasteiger partial charge in [-0.1, -0.05) is 70.0 Å². The van der Waals surface area contributed by atoms with Crippen LogP contribution in [0.3, 0.4) is 0 Å². The highest BCUT2D eigenvalue weighted by molar-refractivity contribution is 7.99. The van der Waals surface area contributed by atoms with Gasteiger partial charge in [0.25, 0.3) is 0 Å². The minimum Gasteiger partial charge on any atom is -0.379 e. The summed E-state index contributed by atoms with van der Waals surface area (Å²) in [6.07, 6.45) is 4.30. The van der Waals surface area contributed by atoms with Crippen LogP contribution >= 0.6 is 19.6 Å². The van der Waals surface area contributed by atoms with Crippen LogP contribution in [0.5, 0.6) is 0 Å². The van der Waals surface area contributed by atoms with Gasteiger partial charge in [-0.15, -0.1) is 0 Å². The molecular weight excluding hydrogens is 539 g/mol. The summed E-state index contributed by atoms with van der Waals surface area (Å²) in [4.78, 5) is 1.00. The summed E-state index contributed by atoms with van der Waals surface area (Å²) in [6.45, 7) is 12.6. The molecule has 224 valence electrons. The van der Waals surface area contributed by atoms with E-state index in [4.69, 9.17) is 32.5 Å². The normalized spacial score (nSPS) is 30.8. The van der Waals surface area contributed by atoms with E-state index in [1.807, 2.05) is 44.2 Å². The first kappa shape index (κ1) is 33.0. The van der Waals surface area contributed by atoms with Gasteiger partial charge in [0, 0.05) is 31.1 Å². The van der Waals surface area contributed by atoms with Gasteiger partial charge in [0.15, 0.2) is 0 Å². The molecule has 2 heterocycles. The van der Waals surface area contributed by atoms with Crippen molar-refractivity contribution in [2.45, 2.75) is 120 Å². The fraction of sp³-hybridized carbons (Fsp3) is 0.793. The van der Waals surface area contributed by atoms with Gasteiger partial charge in [-0.3, -0.25) is 13.6 Å². The van der Waals surface area contributed by atoms with E-state index < -0.39 is 37.2 Å².